The maximum atomic E-state index is 11.6. The summed E-state index contributed by atoms with van der Waals surface area (Å²) in [5, 5.41) is 10.9. The predicted octanol–water partition coefficient (Wildman–Crippen LogP) is 3.08. The first-order chi connectivity index (χ1) is 8.99. The lowest BCUT2D eigenvalue weighted by Crippen LogP contribution is -2.28. The number of carbonyl (C=O) groups excluding carboxylic acids is 1. The minimum atomic E-state index is -0.847. The highest BCUT2D eigenvalue weighted by Gasteiger charge is 2.24. The second-order valence-corrected chi connectivity index (χ2v) is 4.55. The quantitative estimate of drug-likeness (QED) is 0.454. The number of hydrogen-bond acceptors (Lipinski definition) is 5. The van der Waals surface area contributed by atoms with Crippen LogP contribution in [-0.2, 0) is 9.53 Å². The molecule has 1 unspecified atom stereocenters. The Hall–Kier alpha value is -1.63. The van der Waals surface area contributed by atoms with Crippen LogP contribution in [0, 0.1) is 10.1 Å². The van der Waals surface area contributed by atoms with Crippen molar-refractivity contribution < 1.29 is 19.2 Å². The Balaban J connectivity index is 2.97. The van der Waals surface area contributed by atoms with Crippen LogP contribution in [0.4, 0.5) is 5.69 Å². The monoisotopic (exact) mass is 331 g/mol. The van der Waals surface area contributed by atoms with Crippen molar-refractivity contribution in [2.45, 2.75) is 26.4 Å². The number of benzene rings is 1. The minimum Gasteiger partial charge on any atom is -0.472 e. The molecule has 1 atom stereocenters. The topological polar surface area (TPSA) is 78.7 Å². The van der Waals surface area contributed by atoms with E-state index in [-0.39, 0.29) is 18.0 Å². The molecule has 0 N–H and O–H groups in total. The number of nitro groups is 1. The molecule has 19 heavy (non-hydrogen) atoms. The number of halogens is 1. The van der Waals surface area contributed by atoms with E-state index >= 15 is 0 Å². The molecule has 0 bridgehead atoms. The van der Waals surface area contributed by atoms with E-state index < -0.39 is 17.0 Å². The van der Waals surface area contributed by atoms with E-state index in [4.69, 9.17) is 9.47 Å². The van der Waals surface area contributed by atoms with Crippen molar-refractivity contribution in [2.24, 2.45) is 0 Å². The minimum absolute atomic E-state index is 0.0492. The van der Waals surface area contributed by atoms with Crippen LogP contribution < -0.4 is 4.74 Å². The summed E-state index contributed by atoms with van der Waals surface area (Å²) in [5.41, 5.74) is -0.197. The zero-order valence-corrected chi connectivity index (χ0v) is 12.2. The van der Waals surface area contributed by atoms with Crippen molar-refractivity contribution >= 4 is 27.6 Å². The summed E-state index contributed by atoms with van der Waals surface area (Å²) in [6, 6.07) is 4.39. The van der Waals surface area contributed by atoms with Crippen molar-refractivity contribution in [2.75, 3.05) is 6.61 Å². The van der Waals surface area contributed by atoms with E-state index in [1.807, 2.05) is 0 Å². The molecule has 0 heterocycles. The zero-order valence-electron chi connectivity index (χ0n) is 10.6. The standard InChI is InChI=1S/C12H14BrNO5/c1-3-10(12(15)18-4-2)19-11-6-5-8(13)7-9(11)14(16)17/h5-7,10H,3-4H2,1-2H3. The number of nitro benzene ring substituents is 1. The van der Waals surface area contributed by atoms with Crippen LogP contribution in [0.25, 0.3) is 0 Å². The van der Waals surface area contributed by atoms with E-state index in [0.29, 0.717) is 10.9 Å². The second kappa shape index (κ2) is 7.08. The van der Waals surface area contributed by atoms with Gasteiger partial charge in [-0.3, -0.25) is 10.1 Å². The van der Waals surface area contributed by atoms with Crippen LogP contribution in [0.3, 0.4) is 0 Å². The van der Waals surface area contributed by atoms with E-state index in [0.717, 1.165) is 0 Å². The summed E-state index contributed by atoms with van der Waals surface area (Å²) in [7, 11) is 0. The molecule has 6 nitrogen and oxygen atoms in total. The SMILES string of the molecule is CCOC(=O)C(CC)Oc1ccc(Br)cc1[N+](=O)[O-]. The van der Waals surface area contributed by atoms with Gasteiger partial charge in [0, 0.05) is 10.5 Å². The Labute approximate surface area is 119 Å². The fourth-order valence-corrected chi connectivity index (χ4v) is 1.77. The zero-order chi connectivity index (χ0) is 14.4. The number of nitrogens with zero attached hydrogens (tertiary/aromatic N) is 1. The van der Waals surface area contributed by atoms with Crippen molar-refractivity contribution in [3.8, 4) is 5.75 Å². The first-order valence-corrected chi connectivity index (χ1v) is 6.56. The van der Waals surface area contributed by atoms with Crippen LogP contribution in [0.15, 0.2) is 22.7 Å². The fraction of sp³-hybridized carbons (Fsp3) is 0.417. The second-order valence-electron chi connectivity index (χ2n) is 3.64. The molecule has 0 radical (unpaired) electrons. The van der Waals surface area contributed by atoms with Gasteiger partial charge in [0.25, 0.3) is 0 Å². The van der Waals surface area contributed by atoms with Gasteiger partial charge in [-0.1, -0.05) is 22.9 Å². The van der Waals surface area contributed by atoms with Crippen molar-refractivity contribution in [1.82, 2.24) is 0 Å². The number of rotatable bonds is 6. The first kappa shape index (κ1) is 15.4. The smallest absolute Gasteiger partial charge is 0.347 e. The van der Waals surface area contributed by atoms with Gasteiger partial charge < -0.3 is 9.47 Å². The lowest BCUT2D eigenvalue weighted by atomic mass is 10.2. The number of carbonyl (C=O) groups is 1. The molecule has 0 aliphatic rings. The van der Waals surface area contributed by atoms with Gasteiger partial charge >= 0.3 is 11.7 Å². The van der Waals surface area contributed by atoms with Crippen LogP contribution in [0.1, 0.15) is 20.3 Å². The maximum Gasteiger partial charge on any atom is 0.347 e. The maximum absolute atomic E-state index is 11.6. The molecule has 0 spiro atoms. The molecule has 0 fully saturated rings. The lowest BCUT2D eigenvalue weighted by molar-refractivity contribution is -0.386. The van der Waals surface area contributed by atoms with E-state index in [2.05, 4.69) is 15.9 Å². The lowest BCUT2D eigenvalue weighted by Gasteiger charge is -2.15. The third-order valence-corrected chi connectivity index (χ3v) is 2.80. The van der Waals surface area contributed by atoms with Gasteiger partial charge in [-0.15, -0.1) is 0 Å². The number of esters is 1. The molecule has 0 aliphatic carbocycles. The first-order valence-electron chi connectivity index (χ1n) is 5.76. The van der Waals surface area contributed by atoms with Gasteiger partial charge in [0.1, 0.15) is 0 Å². The molecule has 0 saturated heterocycles. The van der Waals surface area contributed by atoms with Crippen LogP contribution in [-0.4, -0.2) is 23.6 Å². The normalized spacial score (nSPS) is 11.7. The summed E-state index contributed by atoms with van der Waals surface area (Å²) in [6.07, 6.45) is -0.480. The Kier molecular flexibility index (Phi) is 5.75. The molecule has 1 aromatic rings. The molecular weight excluding hydrogens is 318 g/mol. The average molecular weight is 332 g/mol. The number of ether oxygens (including phenoxy) is 2. The Bertz CT molecular complexity index is 477. The Morgan fingerprint density at radius 2 is 2.16 bits per heavy atom. The van der Waals surface area contributed by atoms with Gasteiger partial charge in [-0.05, 0) is 25.5 Å². The molecule has 7 heteroatoms. The van der Waals surface area contributed by atoms with Crippen LogP contribution in [0.5, 0.6) is 5.75 Å². The summed E-state index contributed by atoms with van der Waals surface area (Å²) < 4.78 is 10.8. The fourth-order valence-electron chi connectivity index (χ4n) is 1.42. The molecule has 0 saturated carbocycles. The van der Waals surface area contributed by atoms with E-state index in [1.54, 1.807) is 19.9 Å². The van der Waals surface area contributed by atoms with Gasteiger partial charge in [0.05, 0.1) is 11.5 Å². The molecule has 0 amide bonds. The molecular formula is C12H14BrNO5. The van der Waals surface area contributed by atoms with Crippen LogP contribution in [0.2, 0.25) is 0 Å². The third kappa shape index (κ3) is 4.20. The average Bonchev–Trinajstić information content (AvgIpc) is 2.37. The Morgan fingerprint density at radius 1 is 1.47 bits per heavy atom. The third-order valence-electron chi connectivity index (χ3n) is 2.31. The highest BCUT2D eigenvalue weighted by molar-refractivity contribution is 9.10. The molecule has 1 aromatic carbocycles. The summed E-state index contributed by atoms with van der Waals surface area (Å²) in [5.74, 6) is -0.477. The van der Waals surface area contributed by atoms with Gasteiger partial charge in [-0.2, -0.15) is 0 Å². The van der Waals surface area contributed by atoms with Crippen molar-refractivity contribution in [3.63, 3.8) is 0 Å². The summed E-state index contributed by atoms with van der Waals surface area (Å²) in [4.78, 5) is 22.0. The Morgan fingerprint density at radius 3 is 2.68 bits per heavy atom. The van der Waals surface area contributed by atoms with E-state index in [1.165, 1.54) is 12.1 Å². The molecule has 0 aromatic heterocycles. The summed E-state index contributed by atoms with van der Waals surface area (Å²) >= 11 is 3.15. The molecule has 0 aliphatic heterocycles. The van der Waals surface area contributed by atoms with Crippen LogP contribution >= 0.6 is 15.9 Å². The van der Waals surface area contributed by atoms with Crippen molar-refractivity contribution in [1.29, 1.82) is 0 Å². The largest absolute Gasteiger partial charge is 0.472 e. The summed E-state index contributed by atoms with van der Waals surface area (Å²) in [6.45, 7) is 3.67. The van der Waals surface area contributed by atoms with Gasteiger partial charge in [-0.25, -0.2) is 4.79 Å². The van der Waals surface area contributed by atoms with Gasteiger partial charge in [0.15, 0.2) is 11.9 Å². The van der Waals surface area contributed by atoms with Crippen molar-refractivity contribution in [3.05, 3.63) is 32.8 Å². The molecule has 1 rings (SSSR count). The van der Waals surface area contributed by atoms with Gasteiger partial charge in [0.2, 0.25) is 0 Å². The molecule has 104 valence electrons. The predicted molar refractivity (Wildman–Crippen MR) is 72.1 cm³/mol. The highest BCUT2D eigenvalue weighted by atomic mass is 79.9. The highest BCUT2D eigenvalue weighted by Crippen LogP contribution is 2.31. The number of hydrogen-bond donors (Lipinski definition) is 0. The van der Waals surface area contributed by atoms with E-state index in [9.17, 15) is 14.9 Å².